The molecule has 0 fully saturated rings. The predicted octanol–water partition coefficient (Wildman–Crippen LogP) is 3.38. The third-order valence-corrected chi connectivity index (χ3v) is 5.39. The summed E-state index contributed by atoms with van der Waals surface area (Å²) < 4.78 is 24.2. The summed E-state index contributed by atoms with van der Waals surface area (Å²) in [7, 11) is 3.22. The molecule has 2 aromatic carbocycles. The van der Waals surface area contributed by atoms with Crippen molar-refractivity contribution in [3.63, 3.8) is 0 Å². The molecule has 8 nitrogen and oxygen atoms in total. The van der Waals surface area contributed by atoms with Gasteiger partial charge in [-0.1, -0.05) is 23.5 Å². The first kappa shape index (κ1) is 16.8. The molecule has 4 aromatic rings. The molecule has 28 heavy (non-hydrogen) atoms. The van der Waals surface area contributed by atoms with Crippen LogP contribution in [0.2, 0.25) is 0 Å². The molecule has 0 bridgehead atoms. The molecule has 0 saturated carbocycles. The average molecular weight is 396 g/mol. The van der Waals surface area contributed by atoms with Crippen LogP contribution >= 0.6 is 11.3 Å². The van der Waals surface area contributed by atoms with Crippen LogP contribution in [-0.2, 0) is 0 Å². The van der Waals surface area contributed by atoms with Crippen molar-refractivity contribution in [1.82, 2.24) is 19.8 Å². The van der Waals surface area contributed by atoms with Crippen molar-refractivity contribution in [1.29, 1.82) is 0 Å². The summed E-state index contributed by atoms with van der Waals surface area (Å²) in [5.41, 5.74) is 0.908. The van der Waals surface area contributed by atoms with Crippen LogP contribution < -0.4 is 18.9 Å². The number of para-hydroxylation sites is 2. The first-order valence-electron chi connectivity index (χ1n) is 8.60. The van der Waals surface area contributed by atoms with Gasteiger partial charge >= 0.3 is 0 Å². The Morgan fingerprint density at radius 1 is 1.04 bits per heavy atom. The second-order valence-electron chi connectivity index (χ2n) is 6.09. The van der Waals surface area contributed by atoms with Crippen LogP contribution in [0.25, 0.3) is 15.5 Å². The minimum atomic E-state index is -0.384. The lowest BCUT2D eigenvalue weighted by molar-refractivity contribution is 0.0836. The molecule has 5 rings (SSSR count). The molecule has 0 saturated heterocycles. The van der Waals surface area contributed by atoms with Gasteiger partial charge in [0.25, 0.3) is 0 Å². The molecule has 9 heteroatoms. The summed E-state index contributed by atoms with van der Waals surface area (Å²) in [6, 6.07) is 13.2. The maximum absolute atomic E-state index is 6.05. The zero-order chi connectivity index (χ0) is 19.1. The molecule has 0 spiro atoms. The van der Waals surface area contributed by atoms with E-state index >= 15 is 0 Å². The van der Waals surface area contributed by atoms with E-state index in [9.17, 15) is 0 Å². The van der Waals surface area contributed by atoms with Crippen molar-refractivity contribution in [3.05, 3.63) is 48.3 Å². The molecule has 0 N–H and O–H groups in total. The van der Waals surface area contributed by atoms with E-state index in [1.54, 1.807) is 18.7 Å². The maximum atomic E-state index is 6.05. The monoisotopic (exact) mass is 396 g/mol. The topological polar surface area (TPSA) is 80.0 Å². The smallest absolute Gasteiger partial charge is 0.235 e. The molecule has 1 aliphatic heterocycles. The van der Waals surface area contributed by atoms with E-state index in [4.69, 9.17) is 18.9 Å². The SMILES string of the molecule is COc1ccc(-c2nn3c([C@@H]4COc5ccccc5O4)nnc3s2)cc1OC. The van der Waals surface area contributed by atoms with E-state index in [0.717, 1.165) is 16.3 Å². The van der Waals surface area contributed by atoms with Crippen molar-refractivity contribution < 1.29 is 18.9 Å². The van der Waals surface area contributed by atoms with E-state index in [1.165, 1.54) is 11.3 Å². The number of methoxy groups -OCH3 is 2. The Morgan fingerprint density at radius 3 is 2.68 bits per heavy atom. The summed E-state index contributed by atoms with van der Waals surface area (Å²) >= 11 is 1.44. The van der Waals surface area contributed by atoms with Gasteiger partial charge < -0.3 is 18.9 Å². The van der Waals surface area contributed by atoms with Crippen molar-refractivity contribution in [2.24, 2.45) is 0 Å². The zero-order valence-corrected chi connectivity index (χ0v) is 16.0. The molecular weight excluding hydrogens is 380 g/mol. The number of aromatic nitrogens is 4. The fourth-order valence-corrected chi connectivity index (χ4v) is 3.91. The lowest BCUT2D eigenvalue weighted by Gasteiger charge is -2.24. The molecule has 1 aliphatic rings. The summed E-state index contributed by atoms with van der Waals surface area (Å²) in [4.78, 5) is 0.683. The molecule has 0 aliphatic carbocycles. The van der Waals surface area contributed by atoms with Crippen LogP contribution in [0.3, 0.4) is 0 Å². The normalized spacial score (nSPS) is 15.6. The number of hydrogen-bond donors (Lipinski definition) is 0. The van der Waals surface area contributed by atoms with E-state index in [0.29, 0.717) is 34.6 Å². The third kappa shape index (κ3) is 2.71. The van der Waals surface area contributed by atoms with Crippen molar-refractivity contribution in [3.8, 4) is 33.6 Å². The first-order valence-corrected chi connectivity index (χ1v) is 9.41. The summed E-state index contributed by atoms with van der Waals surface area (Å²) in [6.07, 6.45) is -0.384. The quantitative estimate of drug-likeness (QED) is 0.523. The minimum absolute atomic E-state index is 0.348. The van der Waals surface area contributed by atoms with Crippen molar-refractivity contribution in [2.75, 3.05) is 20.8 Å². The van der Waals surface area contributed by atoms with E-state index < -0.39 is 0 Å². The highest BCUT2D eigenvalue weighted by Crippen LogP contribution is 2.37. The van der Waals surface area contributed by atoms with Gasteiger partial charge in [-0.2, -0.15) is 9.61 Å². The standard InChI is InChI=1S/C19H16N4O4S/c1-24-12-8-7-11(9-15(12)25-2)18-22-23-17(20-21-19(23)28-18)16-10-26-13-5-3-4-6-14(13)27-16/h3-9,16H,10H2,1-2H3/t16-/m0/s1. The highest BCUT2D eigenvalue weighted by Gasteiger charge is 2.28. The van der Waals surface area contributed by atoms with Gasteiger partial charge in [-0.15, -0.1) is 10.2 Å². The van der Waals surface area contributed by atoms with Gasteiger partial charge in [-0.3, -0.25) is 0 Å². The zero-order valence-electron chi connectivity index (χ0n) is 15.2. The fourth-order valence-electron chi connectivity index (χ4n) is 3.07. The van der Waals surface area contributed by atoms with E-state index in [2.05, 4.69) is 15.3 Å². The Labute approximate surface area is 164 Å². The van der Waals surface area contributed by atoms with Crippen molar-refractivity contribution >= 4 is 16.3 Å². The van der Waals surface area contributed by atoms with Gasteiger partial charge in [0.05, 0.1) is 14.2 Å². The van der Waals surface area contributed by atoms with Gasteiger partial charge in [-0.05, 0) is 30.3 Å². The lowest BCUT2D eigenvalue weighted by atomic mass is 10.2. The molecular formula is C19H16N4O4S. The number of nitrogens with zero attached hydrogens (tertiary/aromatic N) is 4. The average Bonchev–Trinajstić information content (AvgIpc) is 3.34. The van der Waals surface area contributed by atoms with Gasteiger partial charge in [0, 0.05) is 5.56 Å². The minimum Gasteiger partial charge on any atom is -0.493 e. The highest BCUT2D eigenvalue weighted by atomic mass is 32.1. The highest BCUT2D eigenvalue weighted by molar-refractivity contribution is 7.19. The van der Waals surface area contributed by atoms with Gasteiger partial charge in [0.2, 0.25) is 4.96 Å². The number of hydrogen-bond acceptors (Lipinski definition) is 8. The molecule has 2 aromatic heterocycles. The molecule has 1 atom stereocenters. The Kier molecular flexibility index (Phi) is 4.01. The van der Waals surface area contributed by atoms with Gasteiger partial charge in [0.1, 0.15) is 11.6 Å². The summed E-state index contributed by atoms with van der Waals surface area (Å²) in [5, 5.41) is 14.0. The summed E-state index contributed by atoms with van der Waals surface area (Å²) in [6.45, 7) is 0.348. The molecule has 3 heterocycles. The second-order valence-corrected chi connectivity index (χ2v) is 7.05. The Hall–Kier alpha value is -3.33. The number of rotatable bonds is 4. The third-order valence-electron chi connectivity index (χ3n) is 4.44. The fraction of sp³-hybridized carbons (Fsp3) is 0.211. The number of fused-ring (bicyclic) bond motifs is 2. The predicted molar refractivity (Wildman–Crippen MR) is 103 cm³/mol. The molecule has 0 unspecified atom stereocenters. The van der Waals surface area contributed by atoms with Crippen molar-refractivity contribution in [2.45, 2.75) is 6.10 Å². The Bertz CT molecular complexity index is 1160. The maximum Gasteiger partial charge on any atom is 0.235 e. The van der Waals surface area contributed by atoms with E-state index in [1.807, 2.05) is 42.5 Å². The molecule has 0 amide bonds. The molecule has 142 valence electrons. The van der Waals surface area contributed by atoms with Crippen LogP contribution in [0.4, 0.5) is 0 Å². The van der Waals surface area contributed by atoms with Gasteiger partial charge in [0.15, 0.2) is 34.9 Å². The van der Waals surface area contributed by atoms with Crippen LogP contribution in [-0.4, -0.2) is 40.6 Å². The Balaban J connectivity index is 1.50. The summed E-state index contributed by atoms with van der Waals surface area (Å²) in [5.74, 6) is 3.33. The first-order chi connectivity index (χ1) is 13.8. The second kappa shape index (κ2) is 6.68. The van der Waals surface area contributed by atoms with Crippen LogP contribution in [0.1, 0.15) is 11.9 Å². The number of ether oxygens (including phenoxy) is 4. The molecule has 0 radical (unpaired) electrons. The largest absolute Gasteiger partial charge is 0.493 e. The van der Waals surface area contributed by atoms with Crippen LogP contribution in [0.15, 0.2) is 42.5 Å². The lowest BCUT2D eigenvalue weighted by Crippen LogP contribution is -2.23. The number of benzene rings is 2. The van der Waals surface area contributed by atoms with Crippen LogP contribution in [0, 0.1) is 0 Å². The van der Waals surface area contributed by atoms with Gasteiger partial charge in [-0.25, -0.2) is 0 Å². The van der Waals surface area contributed by atoms with E-state index in [-0.39, 0.29) is 6.10 Å². The Morgan fingerprint density at radius 2 is 1.86 bits per heavy atom. The van der Waals surface area contributed by atoms with Crippen LogP contribution in [0.5, 0.6) is 23.0 Å².